The molecule has 2 aromatic carbocycles. The number of carboxylic acids is 1. The van der Waals surface area contributed by atoms with E-state index in [9.17, 15) is 9.90 Å². The first kappa shape index (κ1) is 21.4. The lowest BCUT2D eigenvalue weighted by molar-refractivity contribution is -0.142. The van der Waals surface area contributed by atoms with Crippen molar-refractivity contribution in [2.24, 2.45) is 11.8 Å². The maximum Gasteiger partial charge on any atom is 0.306 e. The molecule has 1 heterocycles. The highest BCUT2D eigenvalue weighted by atomic mass is 35.5. The van der Waals surface area contributed by atoms with E-state index in [4.69, 9.17) is 20.9 Å². The average Bonchev–Trinajstić information content (AvgIpc) is 3.40. The Bertz CT molecular complexity index is 1060. The molecule has 0 spiro atoms. The van der Waals surface area contributed by atoms with E-state index < -0.39 is 5.97 Å². The number of aliphatic carboxylic acids is 1. The van der Waals surface area contributed by atoms with Crippen LogP contribution >= 0.6 is 11.6 Å². The lowest BCUT2D eigenvalue weighted by Gasteiger charge is -2.15. The molecule has 31 heavy (non-hydrogen) atoms. The fourth-order valence-electron chi connectivity index (χ4n) is 4.14. The molecule has 0 saturated heterocycles. The van der Waals surface area contributed by atoms with Gasteiger partial charge in [0.25, 0.3) is 5.89 Å². The highest BCUT2D eigenvalue weighted by molar-refractivity contribution is 6.32. The molecule has 7 heteroatoms. The molecule has 1 aliphatic carbocycles. The summed E-state index contributed by atoms with van der Waals surface area (Å²) >= 11 is 6.32. The largest absolute Gasteiger partial charge is 0.489 e. The molecule has 1 N–H and O–H groups in total. The van der Waals surface area contributed by atoms with Crippen molar-refractivity contribution in [3.8, 4) is 28.6 Å². The number of carboxylic acid groups (broad SMARTS) is 1. The Morgan fingerprint density at radius 2 is 1.94 bits per heavy atom. The molecule has 1 fully saturated rings. The van der Waals surface area contributed by atoms with Crippen LogP contribution in [0.1, 0.15) is 38.7 Å². The number of benzene rings is 2. The van der Waals surface area contributed by atoms with Crippen LogP contribution in [0.4, 0.5) is 0 Å². The third-order valence-corrected chi connectivity index (χ3v) is 5.95. The summed E-state index contributed by atoms with van der Waals surface area (Å²) in [6.07, 6.45) is 3.54. The SMILES string of the molecule is CC(C)Oc1ccc(-c2noc(-c3ccc(C[C@H]4CCC[C@@H]4C(=O)O)cc3)n2)cc1Cl. The molecule has 3 aromatic rings. The van der Waals surface area contributed by atoms with Gasteiger partial charge in [-0.05, 0) is 74.9 Å². The summed E-state index contributed by atoms with van der Waals surface area (Å²) in [5, 5.41) is 14.0. The number of carbonyl (C=O) groups is 1. The summed E-state index contributed by atoms with van der Waals surface area (Å²) in [7, 11) is 0. The average molecular weight is 441 g/mol. The maximum absolute atomic E-state index is 11.4. The van der Waals surface area contributed by atoms with Crippen LogP contribution in [0.25, 0.3) is 22.8 Å². The third kappa shape index (κ3) is 4.90. The van der Waals surface area contributed by atoms with Gasteiger partial charge in [0.1, 0.15) is 5.75 Å². The van der Waals surface area contributed by atoms with Gasteiger partial charge in [0.05, 0.1) is 17.0 Å². The number of hydrogen-bond donors (Lipinski definition) is 1. The molecule has 0 aliphatic heterocycles. The summed E-state index contributed by atoms with van der Waals surface area (Å²) in [5.41, 5.74) is 2.68. The van der Waals surface area contributed by atoms with Gasteiger partial charge in [-0.15, -0.1) is 0 Å². The van der Waals surface area contributed by atoms with Crippen molar-refractivity contribution in [1.29, 1.82) is 0 Å². The van der Waals surface area contributed by atoms with Crippen LogP contribution < -0.4 is 4.74 Å². The van der Waals surface area contributed by atoms with Crippen molar-refractivity contribution < 1.29 is 19.2 Å². The molecule has 0 bridgehead atoms. The van der Waals surface area contributed by atoms with E-state index in [1.807, 2.05) is 44.2 Å². The van der Waals surface area contributed by atoms with Crippen LogP contribution in [-0.4, -0.2) is 27.3 Å². The Labute approximate surface area is 186 Å². The second-order valence-electron chi connectivity index (χ2n) is 8.27. The molecule has 1 saturated carbocycles. The number of rotatable bonds is 7. The molecule has 0 amide bonds. The molecule has 162 valence electrons. The normalized spacial score (nSPS) is 18.5. The van der Waals surface area contributed by atoms with E-state index in [0.717, 1.165) is 42.4 Å². The van der Waals surface area contributed by atoms with E-state index in [0.29, 0.717) is 22.5 Å². The van der Waals surface area contributed by atoms with Crippen molar-refractivity contribution in [3.63, 3.8) is 0 Å². The molecule has 0 unspecified atom stereocenters. The molecule has 1 aromatic heterocycles. The monoisotopic (exact) mass is 440 g/mol. The third-order valence-electron chi connectivity index (χ3n) is 5.65. The molecule has 1 aliphatic rings. The zero-order valence-corrected chi connectivity index (χ0v) is 18.3. The molecular formula is C24H25ClN2O4. The minimum Gasteiger partial charge on any atom is -0.489 e. The molecule has 0 radical (unpaired) electrons. The van der Waals surface area contributed by atoms with Crippen molar-refractivity contribution in [2.45, 2.75) is 45.6 Å². The van der Waals surface area contributed by atoms with Gasteiger partial charge in [-0.1, -0.05) is 35.3 Å². The van der Waals surface area contributed by atoms with Crippen LogP contribution in [0.2, 0.25) is 5.02 Å². The van der Waals surface area contributed by atoms with E-state index in [1.54, 1.807) is 12.1 Å². The van der Waals surface area contributed by atoms with Gasteiger partial charge in [0.2, 0.25) is 5.82 Å². The minimum absolute atomic E-state index is 0.0341. The Hall–Kier alpha value is -2.86. The van der Waals surface area contributed by atoms with E-state index in [-0.39, 0.29) is 17.9 Å². The van der Waals surface area contributed by atoms with Crippen LogP contribution in [0.5, 0.6) is 5.75 Å². The van der Waals surface area contributed by atoms with Crippen molar-refractivity contribution in [2.75, 3.05) is 0 Å². The lowest BCUT2D eigenvalue weighted by Crippen LogP contribution is -2.19. The quantitative estimate of drug-likeness (QED) is 0.493. The first-order chi connectivity index (χ1) is 14.9. The number of ether oxygens (including phenoxy) is 1. The van der Waals surface area contributed by atoms with E-state index in [1.165, 1.54) is 0 Å². The fourth-order valence-corrected chi connectivity index (χ4v) is 4.36. The van der Waals surface area contributed by atoms with Crippen LogP contribution in [0, 0.1) is 11.8 Å². The second kappa shape index (κ2) is 9.10. The first-order valence-electron chi connectivity index (χ1n) is 10.5. The topological polar surface area (TPSA) is 85.5 Å². The number of hydrogen-bond acceptors (Lipinski definition) is 5. The highest BCUT2D eigenvalue weighted by Crippen LogP contribution is 2.35. The predicted molar refractivity (Wildman–Crippen MR) is 118 cm³/mol. The van der Waals surface area contributed by atoms with E-state index >= 15 is 0 Å². The van der Waals surface area contributed by atoms with Crippen molar-refractivity contribution in [3.05, 3.63) is 53.1 Å². The number of aromatic nitrogens is 2. The Morgan fingerprint density at radius 1 is 1.19 bits per heavy atom. The Morgan fingerprint density at radius 3 is 2.61 bits per heavy atom. The zero-order valence-electron chi connectivity index (χ0n) is 17.5. The summed E-state index contributed by atoms with van der Waals surface area (Å²) in [6, 6.07) is 13.3. The lowest BCUT2D eigenvalue weighted by atomic mass is 9.89. The molecule has 4 rings (SSSR count). The first-order valence-corrected chi connectivity index (χ1v) is 10.9. The number of nitrogens with zero attached hydrogens (tertiary/aromatic N) is 2. The predicted octanol–water partition coefficient (Wildman–Crippen LogP) is 5.89. The van der Waals surface area contributed by atoms with E-state index in [2.05, 4.69) is 10.1 Å². The van der Waals surface area contributed by atoms with Crippen LogP contribution in [-0.2, 0) is 11.2 Å². The van der Waals surface area contributed by atoms with Crippen molar-refractivity contribution >= 4 is 17.6 Å². The van der Waals surface area contributed by atoms with Gasteiger partial charge in [0, 0.05) is 11.1 Å². The van der Waals surface area contributed by atoms with Gasteiger partial charge in [-0.25, -0.2) is 0 Å². The molecule has 6 nitrogen and oxygen atoms in total. The van der Waals surface area contributed by atoms with Gasteiger partial charge < -0.3 is 14.4 Å². The standard InChI is InChI=1S/C24H25ClN2O4/c1-14(2)30-21-11-10-18(13-20(21)25)22-26-23(31-27-22)16-8-6-15(7-9-16)12-17-4-3-5-19(17)24(28)29/h6-11,13-14,17,19H,3-5,12H2,1-2H3,(H,28,29)/t17-,19+/m1/s1. The zero-order chi connectivity index (χ0) is 22.0. The summed E-state index contributed by atoms with van der Waals surface area (Å²) in [6.45, 7) is 3.89. The molecular weight excluding hydrogens is 416 g/mol. The Balaban J connectivity index is 1.47. The van der Waals surface area contributed by atoms with Crippen molar-refractivity contribution in [1.82, 2.24) is 10.1 Å². The van der Waals surface area contributed by atoms with Gasteiger partial charge in [-0.2, -0.15) is 4.98 Å². The van der Waals surface area contributed by atoms with Crippen LogP contribution in [0.3, 0.4) is 0 Å². The second-order valence-corrected chi connectivity index (χ2v) is 8.68. The summed E-state index contributed by atoms with van der Waals surface area (Å²) in [5.74, 6) is 0.776. The molecule has 2 atom stereocenters. The smallest absolute Gasteiger partial charge is 0.306 e. The number of halogens is 1. The maximum atomic E-state index is 11.4. The Kier molecular flexibility index (Phi) is 6.28. The summed E-state index contributed by atoms with van der Waals surface area (Å²) < 4.78 is 11.1. The van der Waals surface area contributed by atoms with Crippen LogP contribution in [0.15, 0.2) is 47.0 Å². The van der Waals surface area contributed by atoms with Gasteiger partial charge in [-0.3, -0.25) is 4.79 Å². The minimum atomic E-state index is -0.679. The van der Waals surface area contributed by atoms with Gasteiger partial charge in [0.15, 0.2) is 0 Å². The highest BCUT2D eigenvalue weighted by Gasteiger charge is 2.32. The van der Waals surface area contributed by atoms with Gasteiger partial charge >= 0.3 is 5.97 Å². The summed E-state index contributed by atoms with van der Waals surface area (Å²) in [4.78, 5) is 15.9. The fraction of sp³-hybridized carbons (Fsp3) is 0.375.